The molecule has 0 spiro atoms. The predicted octanol–water partition coefficient (Wildman–Crippen LogP) is 3.26. The quantitative estimate of drug-likeness (QED) is 0.857. The Bertz CT molecular complexity index is 527. The molecule has 0 radical (unpaired) electrons. The monoisotopic (exact) mass is 314 g/mol. The average Bonchev–Trinajstić information content (AvgIpc) is 2.56. The Morgan fingerprint density at radius 2 is 2.04 bits per heavy atom. The average molecular weight is 314 g/mol. The van der Waals surface area contributed by atoms with Gasteiger partial charge in [0.2, 0.25) is 0 Å². The second kappa shape index (κ2) is 6.39. The Kier molecular flexibility index (Phi) is 4.27. The molecule has 0 saturated carbocycles. The predicted molar refractivity (Wildman–Crippen MR) is 93.6 cm³/mol. The molecular weight excluding hydrogens is 284 g/mol. The summed E-state index contributed by atoms with van der Waals surface area (Å²) in [6.45, 7) is 7.99. The Labute approximate surface area is 140 Å². The lowest BCUT2D eigenvalue weighted by Gasteiger charge is -2.55. The van der Waals surface area contributed by atoms with Crippen LogP contribution in [0, 0.1) is 18.8 Å². The van der Waals surface area contributed by atoms with Gasteiger partial charge in [0.05, 0.1) is 5.69 Å². The van der Waals surface area contributed by atoms with Gasteiger partial charge in [-0.1, -0.05) is 19.8 Å². The van der Waals surface area contributed by atoms with Crippen molar-refractivity contribution in [2.75, 3.05) is 24.5 Å². The highest BCUT2D eigenvalue weighted by Crippen LogP contribution is 2.41. The molecular formula is C19H30N4. The first kappa shape index (κ1) is 15.4. The summed E-state index contributed by atoms with van der Waals surface area (Å²) < 4.78 is 0. The third-order valence-corrected chi connectivity index (χ3v) is 6.24. The zero-order valence-corrected chi connectivity index (χ0v) is 14.6. The molecule has 23 heavy (non-hydrogen) atoms. The maximum Gasteiger partial charge on any atom is 0.151 e. The summed E-state index contributed by atoms with van der Waals surface area (Å²) in [6, 6.07) is 5.92. The molecule has 4 rings (SSSR count). The van der Waals surface area contributed by atoms with E-state index in [9.17, 15) is 0 Å². The van der Waals surface area contributed by atoms with Gasteiger partial charge >= 0.3 is 0 Å². The number of piperidine rings is 3. The fourth-order valence-electron chi connectivity index (χ4n) is 5.30. The molecule has 1 aromatic rings. The molecule has 1 aromatic heterocycles. The number of rotatable bonds is 3. The molecule has 3 fully saturated rings. The van der Waals surface area contributed by atoms with Crippen LogP contribution < -0.4 is 4.90 Å². The van der Waals surface area contributed by atoms with Gasteiger partial charge in [0, 0.05) is 31.7 Å². The van der Waals surface area contributed by atoms with Crippen molar-refractivity contribution in [2.24, 2.45) is 11.8 Å². The lowest BCUT2D eigenvalue weighted by molar-refractivity contribution is -0.0216. The minimum Gasteiger partial charge on any atom is -0.354 e. The molecule has 0 N–H and O–H groups in total. The normalized spacial score (nSPS) is 34.3. The SMILES string of the molecule is CCC[C@H]1CCC[C@H]2[C@@H]3C[C@@H](CN(c4ccc(C)nn4)C3)CN12. The zero-order valence-electron chi connectivity index (χ0n) is 14.6. The van der Waals surface area contributed by atoms with Crippen LogP contribution in [0.3, 0.4) is 0 Å². The molecule has 2 bridgehead atoms. The number of aromatic nitrogens is 2. The van der Waals surface area contributed by atoms with Gasteiger partial charge < -0.3 is 4.90 Å². The van der Waals surface area contributed by atoms with Gasteiger partial charge in [-0.25, -0.2) is 0 Å². The van der Waals surface area contributed by atoms with Crippen molar-refractivity contribution in [3.63, 3.8) is 0 Å². The van der Waals surface area contributed by atoms with E-state index in [0.29, 0.717) is 0 Å². The molecule has 3 aliphatic heterocycles. The van der Waals surface area contributed by atoms with Gasteiger partial charge in [-0.3, -0.25) is 4.90 Å². The summed E-state index contributed by atoms with van der Waals surface area (Å²) in [4.78, 5) is 5.41. The smallest absolute Gasteiger partial charge is 0.151 e. The van der Waals surface area contributed by atoms with Crippen LogP contribution in [0.4, 0.5) is 5.82 Å². The van der Waals surface area contributed by atoms with Crippen LogP contribution in [0.1, 0.15) is 51.1 Å². The third kappa shape index (κ3) is 2.98. The Balaban J connectivity index is 1.51. The maximum absolute atomic E-state index is 4.44. The van der Waals surface area contributed by atoms with Crippen molar-refractivity contribution in [1.29, 1.82) is 0 Å². The molecule has 0 aromatic carbocycles. The van der Waals surface area contributed by atoms with Crippen molar-refractivity contribution in [3.05, 3.63) is 17.8 Å². The number of anilines is 1. The Morgan fingerprint density at radius 3 is 2.83 bits per heavy atom. The van der Waals surface area contributed by atoms with Crippen LogP contribution in [-0.4, -0.2) is 46.8 Å². The Morgan fingerprint density at radius 1 is 1.13 bits per heavy atom. The number of aryl methyl sites for hydroxylation is 1. The first-order valence-electron chi connectivity index (χ1n) is 9.55. The topological polar surface area (TPSA) is 32.3 Å². The van der Waals surface area contributed by atoms with Crippen LogP contribution in [0.15, 0.2) is 12.1 Å². The summed E-state index contributed by atoms with van der Waals surface area (Å²) in [6.07, 6.45) is 8.41. The molecule has 3 aliphatic rings. The van der Waals surface area contributed by atoms with Crippen LogP contribution >= 0.6 is 0 Å². The zero-order chi connectivity index (χ0) is 15.8. The first-order valence-corrected chi connectivity index (χ1v) is 9.55. The standard InChI is InChI=1S/C19H30N4/c1-3-5-17-6-4-7-18-16-10-15(12-23(17)18)11-22(13-16)19-9-8-14(2)20-21-19/h8-9,15-18H,3-7,10-13H2,1-2H3/t15-,16+,17-,18-/m0/s1. The van der Waals surface area contributed by atoms with Gasteiger partial charge in [-0.2, -0.15) is 5.10 Å². The highest BCUT2D eigenvalue weighted by Gasteiger charge is 2.44. The number of fused-ring (bicyclic) bond motifs is 4. The lowest BCUT2D eigenvalue weighted by Crippen LogP contribution is -2.61. The van der Waals surface area contributed by atoms with E-state index in [1.165, 1.54) is 51.6 Å². The van der Waals surface area contributed by atoms with Crippen molar-refractivity contribution in [2.45, 2.75) is 64.5 Å². The highest BCUT2D eigenvalue weighted by molar-refractivity contribution is 5.38. The number of hydrogen-bond donors (Lipinski definition) is 0. The molecule has 4 heteroatoms. The highest BCUT2D eigenvalue weighted by atomic mass is 15.3. The summed E-state index contributed by atoms with van der Waals surface area (Å²) in [7, 11) is 0. The molecule has 0 aliphatic carbocycles. The van der Waals surface area contributed by atoms with E-state index < -0.39 is 0 Å². The number of hydrogen-bond acceptors (Lipinski definition) is 4. The van der Waals surface area contributed by atoms with Gasteiger partial charge in [-0.15, -0.1) is 5.10 Å². The lowest BCUT2D eigenvalue weighted by atomic mass is 9.74. The summed E-state index contributed by atoms with van der Waals surface area (Å²) >= 11 is 0. The van der Waals surface area contributed by atoms with E-state index >= 15 is 0 Å². The van der Waals surface area contributed by atoms with Crippen LogP contribution in [-0.2, 0) is 0 Å². The van der Waals surface area contributed by atoms with E-state index in [2.05, 4.69) is 39.1 Å². The van der Waals surface area contributed by atoms with E-state index in [1.807, 2.05) is 6.92 Å². The fraction of sp³-hybridized carbons (Fsp3) is 0.789. The minimum atomic E-state index is 0.811. The largest absolute Gasteiger partial charge is 0.354 e. The third-order valence-electron chi connectivity index (χ3n) is 6.24. The van der Waals surface area contributed by atoms with Gasteiger partial charge in [-0.05, 0) is 56.6 Å². The molecule has 3 saturated heterocycles. The summed E-state index contributed by atoms with van der Waals surface area (Å²) in [5.41, 5.74) is 1.01. The second-order valence-electron chi connectivity index (χ2n) is 7.94. The van der Waals surface area contributed by atoms with Crippen molar-refractivity contribution in [3.8, 4) is 0 Å². The molecule has 4 atom stereocenters. The fourth-order valence-corrected chi connectivity index (χ4v) is 5.30. The number of nitrogens with zero attached hydrogens (tertiary/aromatic N) is 4. The maximum atomic E-state index is 4.44. The molecule has 4 heterocycles. The molecule has 126 valence electrons. The van der Waals surface area contributed by atoms with E-state index in [-0.39, 0.29) is 0 Å². The van der Waals surface area contributed by atoms with Crippen LogP contribution in [0.2, 0.25) is 0 Å². The van der Waals surface area contributed by atoms with E-state index in [1.54, 1.807) is 0 Å². The van der Waals surface area contributed by atoms with Crippen LogP contribution in [0.25, 0.3) is 0 Å². The van der Waals surface area contributed by atoms with Gasteiger partial charge in [0.1, 0.15) is 0 Å². The van der Waals surface area contributed by atoms with E-state index in [4.69, 9.17) is 0 Å². The molecule has 0 amide bonds. The second-order valence-corrected chi connectivity index (χ2v) is 7.94. The van der Waals surface area contributed by atoms with Crippen molar-refractivity contribution in [1.82, 2.24) is 15.1 Å². The first-order chi connectivity index (χ1) is 11.2. The molecule has 4 nitrogen and oxygen atoms in total. The minimum absolute atomic E-state index is 0.811. The van der Waals surface area contributed by atoms with Crippen molar-refractivity contribution >= 4 is 5.82 Å². The summed E-state index contributed by atoms with van der Waals surface area (Å²) in [5, 5.41) is 8.70. The molecule has 0 unspecified atom stereocenters. The van der Waals surface area contributed by atoms with Crippen LogP contribution in [0.5, 0.6) is 0 Å². The summed E-state index contributed by atoms with van der Waals surface area (Å²) in [5.74, 6) is 2.72. The van der Waals surface area contributed by atoms with Gasteiger partial charge in [0.15, 0.2) is 5.82 Å². The van der Waals surface area contributed by atoms with E-state index in [0.717, 1.165) is 42.0 Å². The Hall–Kier alpha value is -1.16. The van der Waals surface area contributed by atoms with Gasteiger partial charge in [0.25, 0.3) is 0 Å². The van der Waals surface area contributed by atoms with Crippen molar-refractivity contribution < 1.29 is 0 Å².